The second-order valence-electron chi connectivity index (χ2n) is 7.41. The molecule has 0 saturated heterocycles. The summed E-state index contributed by atoms with van der Waals surface area (Å²) < 4.78 is 11.0. The molecule has 0 aliphatic heterocycles. The minimum absolute atomic E-state index is 0.160. The molecule has 3 aromatic rings. The van der Waals surface area contributed by atoms with Crippen LogP contribution in [0.4, 0.5) is 4.79 Å². The number of aromatic nitrogens is 1. The Balaban J connectivity index is 1.84. The Morgan fingerprint density at radius 2 is 1.81 bits per heavy atom. The van der Waals surface area contributed by atoms with Gasteiger partial charge in [0.15, 0.2) is 11.7 Å². The fourth-order valence-electron chi connectivity index (χ4n) is 2.76. The van der Waals surface area contributed by atoms with Crippen molar-refractivity contribution < 1.29 is 19.1 Å². The van der Waals surface area contributed by atoms with Gasteiger partial charge in [-0.25, -0.2) is 9.78 Å². The molecule has 1 unspecified atom stereocenters. The summed E-state index contributed by atoms with van der Waals surface area (Å²) in [5, 5.41) is 13.6. The molecule has 1 amide bonds. The number of carbonyl (C=O) groups excluding carboxylic acids is 1. The number of para-hydroxylation sites is 2. The van der Waals surface area contributed by atoms with Crippen molar-refractivity contribution >= 4 is 17.2 Å². The smallest absolute Gasteiger partial charge is 0.407 e. The number of aliphatic hydroxyl groups excluding tert-OH is 1. The van der Waals surface area contributed by atoms with E-state index in [1.165, 1.54) is 0 Å². The van der Waals surface area contributed by atoms with E-state index in [2.05, 4.69) is 10.3 Å². The SMILES string of the molecule is CC(C)(C)OC(=O)N[C@@H](Cc1ccccc1)C(O)c1nc2ccccc2o1. The highest BCUT2D eigenvalue weighted by atomic mass is 16.6. The Kier molecular flexibility index (Phi) is 5.46. The minimum atomic E-state index is -1.12. The molecular weight excluding hydrogens is 344 g/mol. The molecule has 0 radical (unpaired) electrons. The van der Waals surface area contributed by atoms with Crippen LogP contribution in [-0.4, -0.2) is 27.8 Å². The molecule has 0 aliphatic carbocycles. The Morgan fingerprint density at radius 1 is 1.15 bits per heavy atom. The first-order valence-corrected chi connectivity index (χ1v) is 8.89. The average Bonchev–Trinajstić information content (AvgIpc) is 3.04. The summed E-state index contributed by atoms with van der Waals surface area (Å²) in [4.78, 5) is 16.6. The quantitative estimate of drug-likeness (QED) is 0.711. The van der Waals surface area contributed by atoms with Crippen molar-refractivity contribution in [2.75, 3.05) is 0 Å². The number of oxazole rings is 1. The van der Waals surface area contributed by atoms with Gasteiger partial charge < -0.3 is 19.6 Å². The number of aliphatic hydroxyl groups is 1. The highest BCUT2D eigenvalue weighted by molar-refractivity contribution is 5.72. The van der Waals surface area contributed by atoms with Gasteiger partial charge in [-0.05, 0) is 44.9 Å². The van der Waals surface area contributed by atoms with Gasteiger partial charge in [0.2, 0.25) is 5.89 Å². The summed E-state index contributed by atoms with van der Waals surface area (Å²) in [5.41, 5.74) is 1.57. The fraction of sp³-hybridized carbons (Fsp3) is 0.333. The summed E-state index contributed by atoms with van der Waals surface area (Å²) in [7, 11) is 0. The zero-order chi connectivity index (χ0) is 19.4. The number of hydrogen-bond acceptors (Lipinski definition) is 5. The molecule has 0 saturated carbocycles. The van der Waals surface area contributed by atoms with Crippen LogP contribution in [0.25, 0.3) is 11.1 Å². The third-order valence-electron chi connectivity index (χ3n) is 3.95. The number of amides is 1. The number of alkyl carbamates (subject to hydrolysis) is 1. The standard InChI is InChI=1S/C21H24N2O4/c1-21(2,3)27-20(25)23-16(13-14-9-5-4-6-10-14)18(24)19-22-15-11-7-8-12-17(15)26-19/h4-12,16,18,24H,13H2,1-3H3,(H,23,25)/t16-,18?/m0/s1. The van der Waals surface area contributed by atoms with E-state index in [1.807, 2.05) is 48.5 Å². The van der Waals surface area contributed by atoms with Crippen LogP contribution in [0.5, 0.6) is 0 Å². The van der Waals surface area contributed by atoms with Gasteiger partial charge in [0, 0.05) is 0 Å². The number of benzene rings is 2. The highest BCUT2D eigenvalue weighted by Crippen LogP contribution is 2.24. The second-order valence-corrected chi connectivity index (χ2v) is 7.41. The maximum atomic E-state index is 12.3. The van der Waals surface area contributed by atoms with Gasteiger partial charge in [-0.3, -0.25) is 0 Å². The first-order chi connectivity index (χ1) is 12.8. The van der Waals surface area contributed by atoms with E-state index in [0.29, 0.717) is 17.5 Å². The zero-order valence-electron chi connectivity index (χ0n) is 15.7. The monoisotopic (exact) mass is 368 g/mol. The summed E-state index contributed by atoms with van der Waals surface area (Å²) >= 11 is 0. The van der Waals surface area contributed by atoms with Gasteiger partial charge in [0.05, 0.1) is 6.04 Å². The Labute approximate surface area is 158 Å². The summed E-state index contributed by atoms with van der Waals surface area (Å²) in [6.45, 7) is 5.36. The summed E-state index contributed by atoms with van der Waals surface area (Å²) in [6, 6.07) is 16.2. The van der Waals surface area contributed by atoms with E-state index in [4.69, 9.17) is 9.15 Å². The van der Waals surface area contributed by atoms with Crippen LogP contribution in [0.2, 0.25) is 0 Å². The van der Waals surface area contributed by atoms with Crippen molar-refractivity contribution in [3.63, 3.8) is 0 Å². The van der Waals surface area contributed by atoms with Crippen molar-refractivity contribution in [3.05, 3.63) is 66.1 Å². The molecule has 142 valence electrons. The molecule has 0 fully saturated rings. The normalized spacial score (nSPS) is 13.9. The second kappa shape index (κ2) is 7.80. The van der Waals surface area contributed by atoms with Crippen molar-refractivity contribution in [2.24, 2.45) is 0 Å². The fourth-order valence-corrected chi connectivity index (χ4v) is 2.76. The maximum Gasteiger partial charge on any atom is 0.407 e. The predicted molar refractivity (Wildman–Crippen MR) is 102 cm³/mol. The van der Waals surface area contributed by atoms with Crippen LogP contribution < -0.4 is 5.32 Å². The van der Waals surface area contributed by atoms with E-state index in [1.54, 1.807) is 26.8 Å². The van der Waals surface area contributed by atoms with Gasteiger partial charge in [0.25, 0.3) is 0 Å². The summed E-state index contributed by atoms with van der Waals surface area (Å²) in [5.74, 6) is 0.160. The largest absolute Gasteiger partial charge is 0.444 e. The molecular formula is C21H24N2O4. The molecule has 1 aromatic heterocycles. The third kappa shape index (κ3) is 5.08. The summed E-state index contributed by atoms with van der Waals surface area (Å²) in [6.07, 6.45) is -1.32. The zero-order valence-corrected chi connectivity index (χ0v) is 15.7. The average molecular weight is 368 g/mol. The van der Waals surface area contributed by atoms with E-state index >= 15 is 0 Å². The number of ether oxygens (including phenoxy) is 1. The van der Waals surface area contributed by atoms with Gasteiger partial charge in [-0.15, -0.1) is 0 Å². The van der Waals surface area contributed by atoms with Crippen molar-refractivity contribution in [1.29, 1.82) is 0 Å². The molecule has 2 atom stereocenters. The number of hydrogen-bond donors (Lipinski definition) is 2. The third-order valence-corrected chi connectivity index (χ3v) is 3.95. The number of rotatable bonds is 5. The van der Waals surface area contributed by atoms with Crippen molar-refractivity contribution in [3.8, 4) is 0 Å². The minimum Gasteiger partial charge on any atom is -0.444 e. The molecule has 2 aromatic carbocycles. The topological polar surface area (TPSA) is 84.6 Å². The highest BCUT2D eigenvalue weighted by Gasteiger charge is 2.29. The number of fused-ring (bicyclic) bond motifs is 1. The lowest BCUT2D eigenvalue weighted by Crippen LogP contribution is -2.43. The molecule has 1 heterocycles. The first-order valence-electron chi connectivity index (χ1n) is 8.89. The van der Waals surface area contributed by atoms with E-state index in [9.17, 15) is 9.90 Å². The van der Waals surface area contributed by atoms with Gasteiger partial charge in [0.1, 0.15) is 11.1 Å². The Bertz CT molecular complexity index is 866. The van der Waals surface area contributed by atoms with Gasteiger partial charge in [-0.1, -0.05) is 42.5 Å². The van der Waals surface area contributed by atoms with E-state index in [0.717, 1.165) is 5.56 Å². The Morgan fingerprint density at radius 3 is 2.48 bits per heavy atom. The number of nitrogens with one attached hydrogen (secondary N) is 1. The van der Waals surface area contributed by atoms with Crippen LogP contribution in [0.15, 0.2) is 59.0 Å². The first kappa shape index (κ1) is 18.9. The molecule has 0 spiro atoms. The number of carbonyl (C=O) groups is 1. The molecule has 3 rings (SSSR count). The molecule has 6 heteroatoms. The lowest BCUT2D eigenvalue weighted by molar-refractivity contribution is 0.0392. The molecule has 0 bridgehead atoms. The maximum absolute atomic E-state index is 12.3. The predicted octanol–water partition coefficient (Wildman–Crippen LogP) is 4.00. The van der Waals surface area contributed by atoms with E-state index < -0.39 is 23.8 Å². The molecule has 0 aliphatic rings. The van der Waals surface area contributed by atoms with Gasteiger partial charge >= 0.3 is 6.09 Å². The van der Waals surface area contributed by atoms with Crippen molar-refractivity contribution in [2.45, 2.75) is 44.9 Å². The lowest BCUT2D eigenvalue weighted by Gasteiger charge is -2.25. The van der Waals surface area contributed by atoms with Crippen molar-refractivity contribution in [1.82, 2.24) is 10.3 Å². The molecule has 2 N–H and O–H groups in total. The number of nitrogens with zero attached hydrogens (tertiary/aromatic N) is 1. The van der Waals surface area contributed by atoms with Gasteiger partial charge in [-0.2, -0.15) is 0 Å². The van der Waals surface area contributed by atoms with Crippen LogP contribution >= 0.6 is 0 Å². The Hall–Kier alpha value is -2.86. The lowest BCUT2D eigenvalue weighted by atomic mass is 10.0. The molecule has 27 heavy (non-hydrogen) atoms. The van der Waals surface area contributed by atoms with E-state index in [-0.39, 0.29) is 5.89 Å². The van der Waals surface area contributed by atoms with Crippen LogP contribution in [-0.2, 0) is 11.2 Å². The van der Waals surface area contributed by atoms with Crippen LogP contribution in [0.1, 0.15) is 38.3 Å². The van der Waals surface area contributed by atoms with Crippen LogP contribution in [0, 0.1) is 0 Å². The molecule has 6 nitrogen and oxygen atoms in total. The van der Waals surface area contributed by atoms with Crippen LogP contribution in [0.3, 0.4) is 0 Å².